The molecule has 0 saturated carbocycles. The number of hydrogen-bond acceptors (Lipinski definition) is 5. The third-order valence-electron chi connectivity index (χ3n) is 5.12. The van der Waals surface area contributed by atoms with Crippen molar-refractivity contribution in [3.8, 4) is 23.8 Å². The number of terminal acetylenes is 1. The first kappa shape index (κ1) is 19.0. The molecule has 3 aromatic heterocycles. The Morgan fingerprint density at radius 3 is 3.07 bits per heavy atom. The number of anilines is 1. The lowest BCUT2D eigenvalue weighted by Crippen LogP contribution is -2.48. The van der Waals surface area contributed by atoms with Crippen LogP contribution in [0, 0.1) is 18.3 Å². The number of pyridine rings is 1. The second-order valence-electron chi connectivity index (χ2n) is 7.41. The Balaban J connectivity index is 1.67. The van der Waals surface area contributed by atoms with E-state index in [0.29, 0.717) is 30.5 Å². The molecule has 1 amide bonds. The number of oxazole rings is 1. The van der Waals surface area contributed by atoms with Crippen molar-refractivity contribution in [2.75, 3.05) is 18.4 Å². The van der Waals surface area contributed by atoms with Crippen LogP contribution in [0.4, 0.5) is 10.1 Å². The predicted molar refractivity (Wildman–Crippen MR) is 108 cm³/mol. The molecule has 0 bridgehead atoms. The van der Waals surface area contributed by atoms with Gasteiger partial charge in [0.05, 0.1) is 23.9 Å². The van der Waals surface area contributed by atoms with Gasteiger partial charge in [-0.05, 0) is 18.4 Å². The molecule has 4 rings (SSSR count). The number of rotatable bonds is 5. The van der Waals surface area contributed by atoms with E-state index in [4.69, 9.17) is 10.8 Å². The van der Waals surface area contributed by atoms with Gasteiger partial charge in [0.2, 0.25) is 11.8 Å². The van der Waals surface area contributed by atoms with Crippen LogP contribution in [-0.2, 0) is 11.5 Å². The second kappa shape index (κ2) is 7.95. The Labute approximate surface area is 167 Å². The number of aromatic nitrogens is 3. The van der Waals surface area contributed by atoms with E-state index in [0.717, 1.165) is 23.1 Å². The van der Waals surface area contributed by atoms with Crippen molar-refractivity contribution in [2.24, 2.45) is 5.92 Å². The number of nitrogens with zero attached hydrogens (tertiary/aromatic N) is 3. The van der Waals surface area contributed by atoms with Gasteiger partial charge in [-0.25, -0.2) is 14.4 Å². The number of halogens is 1. The lowest BCUT2D eigenvalue weighted by molar-refractivity contribution is -0.131. The summed E-state index contributed by atoms with van der Waals surface area (Å²) in [6, 6.07) is 1.94. The summed E-state index contributed by atoms with van der Waals surface area (Å²) < 4.78 is 18.5. The minimum atomic E-state index is -0.720. The lowest BCUT2D eigenvalue weighted by Gasteiger charge is -2.37. The number of amides is 1. The van der Waals surface area contributed by atoms with Crippen LogP contribution >= 0.6 is 0 Å². The maximum atomic E-state index is 12.9. The maximum Gasteiger partial charge on any atom is 0.234 e. The summed E-state index contributed by atoms with van der Waals surface area (Å²) in [7, 11) is 0. The molecule has 8 heteroatoms. The summed E-state index contributed by atoms with van der Waals surface area (Å²) in [5.74, 6) is 3.19. The molecule has 29 heavy (non-hydrogen) atoms. The second-order valence-corrected chi connectivity index (χ2v) is 7.41. The molecule has 0 aliphatic carbocycles. The number of piperidine rings is 1. The highest BCUT2D eigenvalue weighted by Crippen LogP contribution is 2.35. The molecule has 0 spiro atoms. The average molecular weight is 395 g/mol. The van der Waals surface area contributed by atoms with Crippen molar-refractivity contribution in [1.29, 1.82) is 0 Å². The molecule has 1 saturated heterocycles. The van der Waals surface area contributed by atoms with Crippen LogP contribution in [0.2, 0.25) is 0 Å². The molecule has 1 aliphatic heterocycles. The molecule has 1 fully saturated rings. The van der Waals surface area contributed by atoms with Crippen LogP contribution in [0.5, 0.6) is 0 Å². The van der Waals surface area contributed by atoms with Gasteiger partial charge in [-0.2, -0.15) is 0 Å². The third-order valence-corrected chi connectivity index (χ3v) is 5.12. The molecule has 0 radical (unpaired) electrons. The predicted octanol–water partition coefficient (Wildman–Crippen LogP) is 3.36. The first-order valence-corrected chi connectivity index (χ1v) is 9.54. The van der Waals surface area contributed by atoms with Gasteiger partial charge in [0.15, 0.2) is 5.76 Å². The number of likely N-dealkylation sites (tertiary alicyclic amines) is 1. The highest BCUT2D eigenvalue weighted by Gasteiger charge is 2.29. The molecule has 150 valence electrons. The van der Waals surface area contributed by atoms with Crippen molar-refractivity contribution in [2.45, 2.75) is 32.5 Å². The Bertz CT molecular complexity index is 1070. The highest BCUT2D eigenvalue weighted by molar-refractivity contribution is 5.97. The maximum absolute atomic E-state index is 12.9. The summed E-state index contributed by atoms with van der Waals surface area (Å²) in [5, 5.41) is 4.44. The monoisotopic (exact) mass is 395 g/mol. The number of carbonyl (C=O) groups is 1. The smallest absolute Gasteiger partial charge is 0.234 e. The normalized spacial score (nSPS) is 19.3. The van der Waals surface area contributed by atoms with Crippen LogP contribution in [0.1, 0.15) is 25.5 Å². The number of hydrogen-bond donors (Lipinski definition) is 2. The molecule has 1 aliphatic rings. The van der Waals surface area contributed by atoms with E-state index in [-0.39, 0.29) is 24.1 Å². The quantitative estimate of drug-likeness (QED) is 0.647. The third kappa shape index (κ3) is 3.81. The van der Waals surface area contributed by atoms with Crippen molar-refractivity contribution in [3.63, 3.8) is 0 Å². The van der Waals surface area contributed by atoms with E-state index in [1.165, 1.54) is 6.20 Å². The summed E-state index contributed by atoms with van der Waals surface area (Å²) in [6.07, 6.45) is 11.1. The first-order chi connectivity index (χ1) is 14.1. The van der Waals surface area contributed by atoms with Gasteiger partial charge in [0.1, 0.15) is 12.3 Å². The molecular weight excluding hydrogens is 373 g/mol. The van der Waals surface area contributed by atoms with Gasteiger partial charge >= 0.3 is 0 Å². The SMILES string of the molecule is C#CCC(=O)N1C[C@@H](C)C[C@@H](Nc2c(-c3ncc(CF)o3)cnc3[nH]ccc23)C1. The summed E-state index contributed by atoms with van der Waals surface area (Å²) in [5.41, 5.74) is 2.17. The van der Waals surface area contributed by atoms with E-state index in [1.54, 1.807) is 12.4 Å². The topological polar surface area (TPSA) is 87.1 Å². The minimum Gasteiger partial charge on any atom is -0.438 e. The fraction of sp³-hybridized carbons (Fsp3) is 0.381. The number of aromatic amines is 1. The van der Waals surface area contributed by atoms with Crippen molar-refractivity contribution in [1.82, 2.24) is 19.9 Å². The van der Waals surface area contributed by atoms with Crippen molar-refractivity contribution in [3.05, 3.63) is 30.4 Å². The molecule has 7 nitrogen and oxygen atoms in total. The number of H-pyrrole nitrogens is 1. The Kier molecular flexibility index (Phi) is 5.21. The van der Waals surface area contributed by atoms with E-state index in [1.807, 2.05) is 11.0 Å². The standard InChI is InChI=1S/C21H22FN5O2/c1-3-4-18(28)27-11-13(2)7-14(12-27)26-19-16-5-6-23-20(16)24-10-17(19)21-25-9-15(8-22)29-21/h1,5-6,9-10,13-14H,4,7-8,11-12H2,2H3,(H2,23,24,26)/t13-,14+/m0/s1. The van der Waals surface area contributed by atoms with Crippen LogP contribution in [0.25, 0.3) is 22.5 Å². The van der Waals surface area contributed by atoms with E-state index in [9.17, 15) is 9.18 Å². The van der Waals surface area contributed by atoms with Gasteiger partial charge < -0.3 is 19.6 Å². The lowest BCUT2D eigenvalue weighted by atomic mass is 9.95. The number of alkyl halides is 1. The molecule has 0 aromatic carbocycles. The van der Waals surface area contributed by atoms with Gasteiger partial charge in [-0.15, -0.1) is 6.42 Å². The number of nitrogens with one attached hydrogen (secondary N) is 2. The molecule has 0 unspecified atom stereocenters. The molecule has 3 aromatic rings. The average Bonchev–Trinajstić information content (AvgIpc) is 3.37. The summed E-state index contributed by atoms with van der Waals surface area (Å²) in [6.45, 7) is 2.65. The molecule has 2 N–H and O–H groups in total. The molecule has 4 heterocycles. The summed E-state index contributed by atoms with van der Waals surface area (Å²) >= 11 is 0. The number of carbonyl (C=O) groups excluding carboxylic acids is 1. The Morgan fingerprint density at radius 2 is 2.31 bits per heavy atom. The van der Waals surface area contributed by atoms with Gasteiger partial charge in [0, 0.05) is 36.9 Å². The summed E-state index contributed by atoms with van der Waals surface area (Å²) in [4.78, 5) is 25.8. The molecular formula is C21H22FN5O2. The highest BCUT2D eigenvalue weighted by atomic mass is 19.1. The van der Waals surface area contributed by atoms with Crippen LogP contribution in [-0.4, -0.2) is 44.9 Å². The zero-order valence-corrected chi connectivity index (χ0v) is 16.1. The largest absolute Gasteiger partial charge is 0.438 e. The van der Waals surface area contributed by atoms with Crippen molar-refractivity contribution < 1.29 is 13.6 Å². The first-order valence-electron chi connectivity index (χ1n) is 9.54. The number of fused-ring (bicyclic) bond motifs is 1. The zero-order chi connectivity index (χ0) is 20.4. The van der Waals surface area contributed by atoms with E-state index in [2.05, 4.69) is 33.1 Å². The Hall–Kier alpha value is -3.34. The molecule has 2 atom stereocenters. The van der Waals surface area contributed by atoms with E-state index >= 15 is 0 Å². The van der Waals surface area contributed by atoms with Gasteiger partial charge in [0.25, 0.3) is 0 Å². The van der Waals surface area contributed by atoms with Gasteiger partial charge in [-0.1, -0.05) is 12.8 Å². The van der Waals surface area contributed by atoms with Crippen LogP contribution < -0.4 is 5.32 Å². The van der Waals surface area contributed by atoms with Crippen LogP contribution in [0.15, 0.2) is 29.1 Å². The zero-order valence-electron chi connectivity index (χ0n) is 16.1. The van der Waals surface area contributed by atoms with Crippen molar-refractivity contribution >= 4 is 22.6 Å². The fourth-order valence-corrected chi connectivity index (χ4v) is 3.88. The fourth-order valence-electron chi connectivity index (χ4n) is 3.88. The Morgan fingerprint density at radius 1 is 1.45 bits per heavy atom. The van der Waals surface area contributed by atoms with E-state index < -0.39 is 6.67 Å². The van der Waals surface area contributed by atoms with Gasteiger partial charge in [-0.3, -0.25) is 4.79 Å². The van der Waals surface area contributed by atoms with Crippen LogP contribution in [0.3, 0.4) is 0 Å². The minimum absolute atomic E-state index is 0.0235.